The van der Waals surface area contributed by atoms with Crippen molar-refractivity contribution >= 4 is 0 Å². The maximum Gasteiger partial charge on any atom is 0.124 e. The van der Waals surface area contributed by atoms with E-state index in [9.17, 15) is 0 Å². The van der Waals surface area contributed by atoms with Crippen molar-refractivity contribution in [2.45, 2.75) is 39.2 Å². The summed E-state index contributed by atoms with van der Waals surface area (Å²) in [5.74, 6) is 0.934. The molecular weight excluding hydrogens is 186 g/mol. The van der Waals surface area contributed by atoms with Crippen LogP contribution in [0.15, 0.2) is 24.3 Å². The monoisotopic (exact) mass is 207 g/mol. The lowest BCUT2D eigenvalue weighted by Gasteiger charge is -2.15. The first kappa shape index (κ1) is 12.1. The lowest BCUT2D eigenvalue weighted by atomic mass is 10.0. The maximum absolute atomic E-state index is 6.13. The fourth-order valence-electron chi connectivity index (χ4n) is 1.65. The Labute approximate surface area is 92.4 Å². The van der Waals surface area contributed by atoms with Gasteiger partial charge in [-0.1, -0.05) is 38.0 Å². The Morgan fingerprint density at radius 3 is 2.67 bits per heavy atom. The van der Waals surface area contributed by atoms with E-state index < -0.39 is 0 Å². The minimum atomic E-state index is 0.104. The Morgan fingerprint density at radius 1 is 1.27 bits per heavy atom. The van der Waals surface area contributed by atoms with Gasteiger partial charge >= 0.3 is 0 Å². The summed E-state index contributed by atoms with van der Waals surface area (Å²) < 4.78 is 5.56. The van der Waals surface area contributed by atoms with Crippen molar-refractivity contribution in [3.05, 3.63) is 29.8 Å². The van der Waals surface area contributed by atoms with E-state index in [2.05, 4.69) is 13.0 Å². The molecule has 1 aromatic carbocycles. The summed E-state index contributed by atoms with van der Waals surface area (Å²) in [6, 6.07) is 8.16. The molecule has 1 aromatic rings. The van der Waals surface area contributed by atoms with Gasteiger partial charge in [-0.2, -0.15) is 0 Å². The van der Waals surface area contributed by atoms with E-state index in [1.807, 2.05) is 25.1 Å². The fourth-order valence-corrected chi connectivity index (χ4v) is 1.65. The van der Waals surface area contributed by atoms with Gasteiger partial charge in [0.05, 0.1) is 6.61 Å². The number of ether oxygens (including phenoxy) is 1. The summed E-state index contributed by atoms with van der Waals surface area (Å²) in [7, 11) is 0. The molecule has 0 saturated heterocycles. The van der Waals surface area contributed by atoms with Crippen LogP contribution in [0.1, 0.15) is 44.7 Å². The number of benzene rings is 1. The van der Waals surface area contributed by atoms with Crippen molar-refractivity contribution in [3.8, 4) is 5.75 Å². The van der Waals surface area contributed by atoms with Crippen LogP contribution >= 0.6 is 0 Å². The molecule has 0 saturated carbocycles. The van der Waals surface area contributed by atoms with Gasteiger partial charge in [-0.05, 0) is 19.4 Å². The quantitative estimate of drug-likeness (QED) is 0.777. The molecule has 0 aliphatic carbocycles. The van der Waals surface area contributed by atoms with Crippen molar-refractivity contribution in [2.24, 2.45) is 5.73 Å². The second-order valence-electron chi connectivity index (χ2n) is 3.72. The van der Waals surface area contributed by atoms with Crippen molar-refractivity contribution in [1.82, 2.24) is 0 Å². The Hall–Kier alpha value is -1.02. The van der Waals surface area contributed by atoms with Gasteiger partial charge in [0.15, 0.2) is 0 Å². The molecule has 0 unspecified atom stereocenters. The summed E-state index contributed by atoms with van der Waals surface area (Å²) in [4.78, 5) is 0. The maximum atomic E-state index is 6.13. The number of nitrogens with two attached hydrogens (primary N) is 1. The Morgan fingerprint density at radius 2 is 2.00 bits per heavy atom. The Balaban J connectivity index is 2.72. The molecule has 0 bridgehead atoms. The van der Waals surface area contributed by atoms with E-state index >= 15 is 0 Å². The van der Waals surface area contributed by atoms with Crippen molar-refractivity contribution in [3.63, 3.8) is 0 Å². The first-order valence-electron chi connectivity index (χ1n) is 5.76. The molecule has 0 fully saturated rings. The van der Waals surface area contributed by atoms with Gasteiger partial charge in [-0.15, -0.1) is 0 Å². The van der Waals surface area contributed by atoms with Crippen LogP contribution in [0.3, 0.4) is 0 Å². The average molecular weight is 207 g/mol. The van der Waals surface area contributed by atoms with Gasteiger partial charge in [0.25, 0.3) is 0 Å². The van der Waals surface area contributed by atoms with Crippen LogP contribution in [0.4, 0.5) is 0 Å². The van der Waals surface area contributed by atoms with Crippen LogP contribution in [0.5, 0.6) is 5.75 Å². The zero-order chi connectivity index (χ0) is 11.1. The molecule has 0 aliphatic heterocycles. The highest BCUT2D eigenvalue weighted by molar-refractivity contribution is 5.35. The summed E-state index contributed by atoms with van der Waals surface area (Å²) in [5, 5.41) is 0. The molecule has 84 valence electrons. The van der Waals surface area contributed by atoms with Crippen LogP contribution in [0.2, 0.25) is 0 Å². The molecule has 1 rings (SSSR count). The molecule has 0 aromatic heterocycles. The van der Waals surface area contributed by atoms with Crippen molar-refractivity contribution in [2.75, 3.05) is 6.61 Å². The lowest BCUT2D eigenvalue weighted by Crippen LogP contribution is -2.11. The molecule has 0 spiro atoms. The van der Waals surface area contributed by atoms with E-state index in [-0.39, 0.29) is 6.04 Å². The van der Waals surface area contributed by atoms with E-state index in [4.69, 9.17) is 10.5 Å². The van der Waals surface area contributed by atoms with E-state index in [1.54, 1.807) is 0 Å². The smallest absolute Gasteiger partial charge is 0.124 e. The van der Waals surface area contributed by atoms with Gasteiger partial charge in [0, 0.05) is 11.6 Å². The highest BCUT2D eigenvalue weighted by Crippen LogP contribution is 2.26. The van der Waals surface area contributed by atoms with E-state index in [0.29, 0.717) is 6.61 Å². The van der Waals surface area contributed by atoms with Gasteiger partial charge < -0.3 is 10.5 Å². The van der Waals surface area contributed by atoms with Crippen molar-refractivity contribution < 1.29 is 4.74 Å². The summed E-state index contributed by atoms with van der Waals surface area (Å²) in [6.07, 6.45) is 3.38. The first-order chi connectivity index (χ1) is 7.29. The average Bonchev–Trinajstić information content (AvgIpc) is 2.27. The highest BCUT2D eigenvalue weighted by atomic mass is 16.5. The van der Waals surface area contributed by atoms with Crippen LogP contribution in [-0.4, -0.2) is 6.61 Å². The standard InChI is InChI=1S/C13H21NO/c1-3-5-9-12(14)11-8-6-7-10-13(11)15-4-2/h6-8,10,12H,3-5,9,14H2,1-2H3/t12-/m0/s1. The minimum absolute atomic E-state index is 0.104. The number of hydrogen-bond acceptors (Lipinski definition) is 2. The van der Waals surface area contributed by atoms with E-state index in [1.165, 1.54) is 12.8 Å². The molecular formula is C13H21NO. The second-order valence-corrected chi connectivity index (χ2v) is 3.72. The molecule has 15 heavy (non-hydrogen) atoms. The molecule has 0 radical (unpaired) electrons. The first-order valence-corrected chi connectivity index (χ1v) is 5.76. The summed E-state index contributed by atoms with van der Waals surface area (Å²) in [5.41, 5.74) is 7.26. The van der Waals surface area contributed by atoms with Crippen LogP contribution in [0.25, 0.3) is 0 Å². The molecule has 1 atom stereocenters. The predicted octanol–water partition coefficient (Wildman–Crippen LogP) is 3.28. The molecule has 0 amide bonds. The fraction of sp³-hybridized carbons (Fsp3) is 0.538. The molecule has 2 nitrogen and oxygen atoms in total. The zero-order valence-electron chi connectivity index (χ0n) is 9.70. The number of rotatable bonds is 6. The number of para-hydroxylation sites is 1. The predicted molar refractivity (Wildman–Crippen MR) is 64.1 cm³/mol. The Kier molecular flexibility index (Phi) is 5.19. The Bertz CT molecular complexity index is 286. The summed E-state index contributed by atoms with van der Waals surface area (Å²) in [6.45, 7) is 4.87. The van der Waals surface area contributed by atoms with Gasteiger partial charge in [0.2, 0.25) is 0 Å². The van der Waals surface area contributed by atoms with Crippen molar-refractivity contribution in [1.29, 1.82) is 0 Å². The van der Waals surface area contributed by atoms with Crippen LogP contribution in [0, 0.1) is 0 Å². The zero-order valence-corrected chi connectivity index (χ0v) is 9.70. The lowest BCUT2D eigenvalue weighted by molar-refractivity contribution is 0.333. The largest absolute Gasteiger partial charge is 0.494 e. The van der Waals surface area contributed by atoms with Crippen LogP contribution < -0.4 is 10.5 Å². The van der Waals surface area contributed by atoms with Gasteiger partial charge in [-0.25, -0.2) is 0 Å². The number of hydrogen-bond donors (Lipinski definition) is 1. The third-order valence-electron chi connectivity index (χ3n) is 2.49. The topological polar surface area (TPSA) is 35.2 Å². The van der Waals surface area contributed by atoms with E-state index in [0.717, 1.165) is 17.7 Å². The number of unbranched alkanes of at least 4 members (excludes halogenated alkanes) is 1. The molecule has 2 N–H and O–H groups in total. The third kappa shape index (κ3) is 3.56. The molecule has 2 heteroatoms. The molecule has 0 aliphatic rings. The van der Waals surface area contributed by atoms with Gasteiger partial charge in [0.1, 0.15) is 5.75 Å². The van der Waals surface area contributed by atoms with Crippen LogP contribution in [-0.2, 0) is 0 Å². The normalized spacial score (nSPS) is 12.5. The molecule has 0 heterocycles. The SMILES string of the molecule is CCCC[C@H](N)c1ccccc1OCC. The second kappa shape index (κ2) is 6.46. The minimum Gasteiger partial charge on any atom is -0.494 e. The van der Waals surface area contributed by atoms with Gasteiger partial charge in [-0.3, -0.25) is 0 Å². The highest BCUT2D eigenvalue weighted by Gasteiger charge is 2.10. The summed E-state index contributed by atoms with van der Waals surface area (Å²) >= 11 is 0. The third-order valence-corrected chi connectivity index (χ3v) is 2.49.